The van der Waals surface area contributed by atoms with E-state index in [1.807, 2.05) is 6.07 Å². The number of carbonyl (C=O) groups is 1. The Hall–Kier alpha value is -2.87. The molecule has 20 heavy (non-hydrogen) atoms. The van der Waals surface area contributed by atoms with E-state index >= 15 is 0 Å². The number of rotatable bonds is 4. The Labute approximate surface area is 116 Å². The van der Waals surface area contributed by atoms with Crippen LogP contribution in [0.25, 0.3) is 0 Å². The number of nitrogens with zero attached hydrogens (tertiary/aromatic N) is 2. The lowest BCUT2D eigenvalue weighted by Crippen LogP contribution is -2.07. The monoisotopic (exact) mass is 268 g/mol. The lowest BCUT2D eigenvalue weighted by atomic mass is 10.2. The zero-order valence-corrected chi connectivity index (χ0v) is 10.9. The SMILES string of the molecule is CCOC(=O)c1cccnc1Oc1ccccc1C#N. The third-order valence-electron chi connectivity index (χ3n) is 2.48. The number of para-hydroxylation sites is 1. The Balaban J connectivity index is 2.35. The molecule has 0 bridgehead atoms. The van der Waals surface area contributed by atoms with Crippen LogP contribution in [0.2, 0.25) is 0 Å². The lowest BCUT2D eigenvalue weighted by molar-refractivity contribution is 0.0522. The van der Waals surface area contributed by atoms with Gasteiger partial charge in [-0.3, -0.25) is 0 Å². The summed E-state index contributed by atoms with van der Waals surface area (Å²) in [4.78, 5) is 15.8. The van der Waals surface area contributed by atoms with Crippen LogP contribution in [0.1, 0.15) is 22.8 Å². The molecule has 0 saturated carbocycles. The molecule has 2 rings (SSSR count). The van der Waals surface area contributed by atoms with E-state index in [4.69, 9.17) is 14.7 Å². The van der Waals surface area contributed by atoms with Crippen molar-refractivity contribution >= 4 is 5.97 Å². The average Bonchev–Trinajstić information content (AvgIpc) is 2.48. The molecule has 5 nitrogen and oxygen atoms in total. The summed E-state index contributed by atoms with van der Waals surface area (Å²) in [5, 5.41) is 9.02. The van der Waals surface area contributed by atoms with Crippen molar-refractivity contribution in [3.8, 4) is 17.7 Å². The van der Waals surface area contributed by atoms with E-state index in [0.717, 1.165) is 0 Å². The molecular formula is C15H12N2O3. The minimum Gasteiger partial charge on any atom is -0.462 e. The molecule has 0 aliphatic heterocycles. The summed E-state index contributed by atoms with van der Waals surface area (Å²) >= 11 is 0. The van der Waals surface area contributed by atoms with Gasteiger partial charge in [0.25, 0.3) is 0 Å². The molecule has 2 aromatic rings. The molecule has 100 valence electrons. The number of esters is 1. The topological polar surface area (TPSA) is 72.2 Å². The summed E-state index contributed by atoms with van der Waals surface area (Å²) in [6.07, 6.45) is 1.51. The van der Waals surface area contributed by atoms with Gasteiger partial charge in [0.15, 0.2) is 0 Å². The summed E-state index contributed by atoms with van der Waals surface area (Å²) < 4.78 is 10.5. The second-order valence-corrected chi connectivity index (χ2v) is 3.79. The molecular weight excluding hydrogens is 256 g/mol. The van der Waals surface area contributed by atoms with Gasteiger partial charge in [-0.1, -0.05) is 12.1 Å². The van der Waals surface area contributed by atoms with Gasteiger partial charge < -0.3 is 9.47 Å². The van der Waals surface area contributed by atoms with E-state index in [1.165, 1.54) is 6.20 Å². The van der Waals surface area contributed by atoms with Crippen LogP contribution >= 0.6 is 0 Å². The predicted octanol–water partition coefficient (Wildman–Crippen LogP) is 2.92. The summed E-state index contributed by atoms with van der Waals surface area (Å²) in [5.41, 5.74) is 0.593. The van der Waals surface area contributed by atoms with Gasteiger partial charge in [-0.25, -0.2) is 9.78 Å². The first-order valence-electron chi connectivity index (χ1n) is 6.05. The summed E-state index contributed by atoms with van der Waals surface area (Å²) in [7, 11) is 0. The highest BCUT2D eigenvalue weighted by atomic mass is 16.5. The predicted molar refractivity (Wildman–Crippen MR) is 71.4 cm³/mol. The van der Waals surface area contributed by atoms with Gasteiger partial charge in [0.05, 0.1) is 12.2 Å². The van der Waals surface area contributed by atoms with Crippen molar-refractivity contribution in [3.05, 3.63) is 53.7 Å². The minimum atomic E-state index is -0.509. The Morgan fingerprint density at radius 1 is 1.30 bits per heavy atom. The van der Waals surface area contributed by atoms with Crippen molar-refractivity contribution in [2.45, 2.75) is 6.92 Å². The molecule has 1 aromatic carbocycles. The maximum atomic E-state index is 11.8. The number of benzene rings is 1. The minimum absolute atomic E-state index is 0.119. The van der Waals surface area contributed by atoms with E-state index in [1.54, 1.807) is 43.3 Å². The van der Waals surface area contributed by atoms with Crippen molar-refractivity contribution in [3.63, 3.8) is 0 Å². The standard InChI is InChI=1S/C15H12N2O3/c1-2-19-15(18)12-7-5-9-17-14(12)20-13-8-4-3-6-11(13)10-16/h3-9H,2H2,1H3. The van der Waals surface area contributed by atoms with E-state index in [0.29, 0.717) is 11.3 Å². The number of carbonyl (C=O) groups excluding carboxylic acids is 1. The molecule has 0 atom stereocenters. The Kier molecular flexibility index (Phi) is 4.30. The maximum Gasteiger partial charge on any atom is 0.343 e. The Morgan fingerprint density at radius 2 is 2.10 bits per heavy atom. The van der Waals surface area contributed by atoms with Crippen molar-refractivity contribution < 1.29 is 14.3 Å². The van der Waals surface area contributed by atoms with E-state index in [-0.39, 0.29) is 18.1 Å². The summed E-state index contributed by atoms with van der Waals surface area (Å²) in [6, 6.07) is 11.9. The van der Waals surface area contributed by atoms with Crippen molar-refractivity contribution in [1.82, 2.24) is 4.98 Å². The summed E-state index contributed by atoms with van der Waals surface area (Å²) in [6.45, 7) is 1.99. The molecule has 0 fully saturated rings. The molecule has 1 heterocycles. The molecule has 5 heteroatoms. The second-order valence-electron chi connectivity index (χ2n) is 3.79. The maximum absolute atomic E-state index is 11.8. The zero-order valence-electron chi connectivity index (χ0n) is 10.9. The highest BCUT2D eigenvalue weighted by Gasteiger charge is 2.16. The van der Waals surface area contributed by atoms with Gasteiger partial charge in [0, 0.05) is 6.20 Å². The average molecular weight is 268 g/mol. The molecule has 0 N–H and O–H groups in total. The van der Waals surface area contributed by atoms with Gasteiger partial charge in [0.2, 0.25) is 5.88 Å². The third kappa shape index (κ3) is 2.93. The van der Waals surface area contributed by atoms with Crippen LogP contribution in [0.3, 0.4) is 0 Å². The van der Waals surface area contributed by atoms with Crippen LogP contribution < -0.4 is 4.74 Å². The van der Waals surface area contributed by atoms with Crippen LogP contribution in [-0.4, -0.2) is 17.6 Å². The Bertz CT molecular complexity index is 662. The van der Waals surface area contributed by atoms with Gasteiger partial charge in [-0.15, -0.1) is 0 Å². The fourth-order valence-electron chi connectivity index (χ4n) is 1.59. The van der Waals surface area contributed by atoms with Crippen LogP contribution in [0.15, 0.2) is 42.6 Å². The van der Waals surface area contributed by atoms with Gasteiger partial charge in [-0.2, -0.15) is 5.26 Å². The van der Waals surface area contributed by atoms with E-state index < -0.39 is 5.97 Å². The zero-order chi connectivity index (χ0) is 14.4. The number of pyridine rings is 1. The van der Waals surface area contributed by atoms with Gasteiger partial charge >= 0.3 is 5.97 Å². The number of aromatic nitrogens is 1. The van der Waals surface area contributed by atoms with Crippen molar-refractivity contribution in [2.24, 2.45) is 0 Å². The number of hydrogen-bond donors (Lipinski definition) is 0. The van der Waals surface area contributed by atoms with E-state index in [9.17, 15) is 4.79 Å². The number of nitriles is 1. The Morgan fingerprint density at radius 3 is 2.85 bits per heavy atom. The normalized spacial score (nSPS) is 9.60. The molecule has 1 aromatic heterocycles. The fraction of sp³-hybridized carbons (Fsp3) is 0.133. The van der Waals surface area contributed by atoms with Crippen LogP contribution in [-0.2, 0) is 4.74 Å². The van der Waals surface area contributed by atoms with Crippen molar-refractivity contribution in [2.75, 3.05) is 6.61 Å². The number of hydrogen-bond acceptors (Lipinski definition) is 5. The molecule has 0 aliphatic rings. The van der Waals surface area contributed by atoms with Crippen LogP contribution in [0.5, 0.6) is 11.6 Å². The highest BCUT2D eigenvalue weighted by Crippen LogP contribution is 2.26. The van der Waals surface area contributed by atoms with E-state index in [2.05, 4.69) is 4.98 Å². The summed E-state index contributed by atoms with van der Waals surface area (Å²) in [5.74, 6) is -0.0436. The van der Waals surface area contributed by atoms with Crippen molar-refractivity contribution in [1.29, 1.82) is 5.26 Å². The first-order chi connectivity index (χ1) is 9.76. The fourth-order valence-corrected chi connectivity index (χ4v) is 1.59. The largest absolute Gasteiger partial charge is 0.462 e. The molecule has 0 radical (unpaired) electrons. The quantitative estimate of drug-likeness (QED) is 0.797. The first-order valence-corrected chi connectivity index (χ1v) is 6.05. The molecule has 0 unspecified atom stereocenters. The van der Waals surface area contributed by atoms with Crippen LogP contribution in [0.4, 0.5) is 0 Å². The lowest BCUT2D eigenvalue weighted by Gasteiger charge is -2.09. The smallest absolute Gasteiger partial charge is 0.343 e. The second kappa shape index (κ2) is 6.34. The molecule has 0 amide bonds. The number of ether oxygens (including phenoxy) is 2. The van der Waals surface area contributed by atoms with Gasteiger partial charge in [-0.05, 0) is 31.2 Å². The van der Waals surface area contributed by atoms with Crippen LogP contribution in [0, 0.1) is 11.3 Å². The molecule has 0 spiro atoms. The molecule has 0 saturated heterocycles. The highest BCUT2D eigenvalue weighted by molar-refractivity contribution is 5.91. The first kappa shape index (κ1) is 13.6. The third-order valence-corrected chi connectivity index (χ3v) is 2.48. The van der Waals surface area contributed by atoms with Gasteiger partial charge in [0.1, 0.15) is 17.4 Å². The molecule has 0 aliphatic carbocycles.